The molecular formula is C20H18N4O2. The van der Waals surface area contributed by atoms with Crippen LogP contribution in [0, 0.1) is 0 Å². The molecule has 1 atom stereocenters. The number of nitrogens with one attached hydrogen (secondary N) is 2. The van der Waals surface area contributed by atoms with E-state index in [1.165, 1.54) is 0 Å². The molecule has 130 valence electrons. The number of hydrogen-bond acceptors (Lipinski definition) is 5. The number of para-hydroxylation sites is 1. The van der Waals surface area contributed by atoms with E-state index in [2.05, 4.69) is 20.6 Å². The van der Waals surface area contributed by atoms with Gasteiger partial charge in [0.05, 0.1) is 6.04 Å². The third kappa shape index (κ3) is 3.80. The Kier molecular flexibility index (Phi) is 4.47. The van der Waals surface area contributed by atoms with E-state index < -0.39 is 0 Å². The van der Waals surface area contributed by atoms with Crippen LogP contribution in [0.5, 0.6) is 11.6 Å². The Morgan fingerprint density at radius 1 is 1.08 bits per heavy atom. The van der Waals surface area contributed by atoms with Crippen LogP contribution in [0.1, 0.15) is 24.4 Å². The van der Waals surface area contributed by atoms with E-state index in [-0.39, 0.29) is 11.9 Å². The molecule has 1 aliphatic rings. The Balaban J connectivity index is 1.49. The van der Waals surface area contributed by atoms with Crippen LogP contribution in [0.15, 0.2) is 66.9 Å². The predicted octanol–water partition coefficient (Wildman–Crippen LogP) is 3.96. The number of rotatable bonds is 5. The highest BCUT2D eigenvalue weighted by molar-refractivity contribution is 5.78. The molecule has 6 nitrogen and oxygen atoms in total. The second-order valence-corrected chi connectivity index (χ2v) is 6.04. The molecule has 1 fully saturated rings. The lowest BCUT2D eigenvalue weighted by atomic mass is 10.0. The topological polar surface area (TPSA) is 76.1 Å². The van der Waals surface area contributed by atoms with Crippen LogP contribution in [0.3, 0.4) is 0 Å². The quantitative estimate of drug-likeness (QED) is 0.731. The molecule has 0 spiro atoms. The average Bonchev–Trinajstić information content (AvgIpc) is 3.10. The van der Waals surface area contributed by atoms with Crippen LogP contribution in [0.2, 0.25) is 0 Å². The summed E-state index contributed by atoms with van der Waals surface area (Å²) in [5, 5.41) is 6.17. The van der Waals surface area contributed by atoms with Crippen molar-refractivity contribution in [2.45, 2.75) is 18.9 Å². The highest BCUT2D eigenvalue weighted by Crippen LogP contribution is 2.27. The summed E-state index contributed by atoms with van der Waals surface area (Å²) in [7, 11) is 0. The molecule has 2 N–H and O–H groups in total. The molecule has 1 aliphatic heterocycles. The van der Waals surface area contributed by atoms with Crippen molar-refractivity contribution < 1.29 is 9.53 Å². The lowest BCUT2D eigenvalue weighted by molar-refractivity contribution is -0.119. The number of carbonyl (C=O) groups excluding carboxylic acids is 1. The van der Waals surface area contributed by atoms with Crippen molar-refractivity contribution in [1.29, 1.82) is 0 Å². The molecule has 6 heteroatoms. The highest BCUT2D eigenvalue weighted by atomic mass is 16.5. The highest BCUT2D eigenvalue weighted by Gasteiger charge is 2.22. The Morgan fingerprint density at radius 3 is 2.77 bits per heavy atom. The maximum absolute atomic E-state index is 11.4. The Bertz CT molecular complexity index is 914. The number of ether oxygens (including phenoxy) is 1. The summed E-state index contributed by atoms with van der Waals surface area (Å²) in [6.07, 6.45) is 3.04. The second-order valence-electron chi connectivity index (χ2n) is 6.04. The third-order valence-electron chi connectivity index (χ3n) is 4.14. The summed E-state index contributed by atoms with van der Waals surface area (Å²) in [6, 6.07) is 19.2. The first-order chi connectivity index (χ1) is 12.8. The monoisotopic (exact) mass is 346 g/mol. The lowest BCUT2D eigenvalue weighted by Crippen LogP contribution is -2.18. The van der Waals surface area contributed by atoms with Gasteiger partial charge in [-0.3, -0.25) is 4.79 Å². The zero-order valence-corrected chi connectivity index (χ0v) is 14.1. The van der Waals surface area contributed by atoms with Crippen molar-refractivity contribution in [3.63, 3.8) is 0 Å². The molecule has 3 aromatic rings. The van der Waals surface area contributed by atoms with Gasteiger partial charge in [-0.1, -0.05) is 30.3 Å². The van der Waals surface area contributed by atoms with Crippen molar-refractivity contribution >= 4 is 17.5 Å². The maximum atomic E-state index is 11.4. The molecule has 0 aliphatic carbocycles. The van der Waals surface area contributed by atoms with Crippen molar-refractivity contribution in [3.8, 4) is 11.6 Å². The van der Waals surface area contributed by atoms with Gasteiger partial charge in [-0.05, 0) is 36.2 Å². The van der Waals surface area contributed by atoms with Crippen LogP contribution in [-0.4, -0.2) is 15.9 Å². The Morgan fingerprint density at radius 2 is 1.96 bits per heavy atom. The molecule has 26 heavy (non-hydrogen) atoms. The Labute approximate surface area is 151 Å². The first-order valence-electron chi connectivity index (χ1n) is 8.48. The van der Waals surface area contributed by atoms with Gasteiger partial charge in [-0.2, -0.15) is 4.98 Å². The van der Waals surface area contributed by atoms with E-state index in [0.29, 0.717) is 18.2 Å². The molecule has 4 rings (SSSR count). The van der Waals surface area contributed by atoms with E-state index in [0.717, 1.165) is 23.4 Å². The second kappa shape index (κ2) is 7.23. The number of hydrogen-bond donors (Lipinski definition) is 2. The third-order valence-corrected chi connectivity index (χ3v) is 4.14. The maximum Gasteiger partial charge on any atom is 0.230 e. The largest absolute Gasteiger partial charge is 0.439 e. The fraction of sp³-hybridized carbons (Fsp3) is 0.150. The summed E-state index contributed by atoms with van der Waals surface area (Å²) >= 11 is 0. The molecule has 1 aromatic heterocycles. The summed E-state index contributed by atoms with van der Waals surface area (Å²) in [5.74, 6) is 1.73. The Hall–Kier alpha value is -3.41. The molecular weight excluding hydrogens is 328 g/mol. The van der Waals surface area contributed by atoms with Crippen LogP contribution in [0.4, 0.5) is 11.6 Å². The van der Waals surface area contributed by atoms with Crippen molar-refractivity contribution in [2.24, 2.45) is 0 Å². The molecule has 2 aromatic carbocycles. The van der Waals surface area contributed by atoms with Gasteiger partial charge in [0.25, 0.3) is 0 Å². The van der Waals surface area contributed by atoms with Gasteiger partial charge in [0.2, 0.25) is 17.7 Å². The van der Waals surface area contributed by atoms with Gasteiger partial charge in [0.15, 0.2) is 0 Å². The zero-order chi connectivity index (χ0) is 17.8. The van der Waals surface area contributed by atoms with Crippen molar-refractivity contribution in [2.75, 3.05) is 5.32 Å². The van der Waals surface area contributed by atoms with Gasteiger partial charge in [0.1, 0.15) is 5.75 Å². The number of benzene rings is 2. The summed E-state index contributed by atoms with van der Waals surface area (Å²) < 4.78 is 5.73. The van der Waals surface area contributed by atoms with E-state index >= 15 is 0 Å². The number of nitrogens with zero attached hydrogens (tertiary/aromatic N) is 2. The number of carbonyl (C=O) groups is 1. The van der Waals surface area contributed by atoms with E-state index in [1.807, 2.05) is 54.6 Å². The van der Waals surface area contributed by atoms with Crippen molar-refractivity contribution in [1.82, 2.24) is 15.3 Å². The predicted molar refractivity (Wildman–Crippen MR) is 98.4 cm³/mol. The first kappa shape index (κ1) is 16.1. The number of aromatic nitrogens is 2. The first-order valence-corrected chi connectivity index (χ1v) is 8.48. The number of anilines is 2. The molecule has 1 amide bonds. The molecule has 0 bridgehead atoms. The molecule has 0 radical (unpaired) electrons. The van der Waals surface area contributed by atoms with Gasteiger partial charge in [0, 0.05) is 24.4 Å². The molecule has 0 saturated carbocycles. The van der Waals surface area contributed by atoms with Gasteiger partial charge >= 0.3 is 0 Å². The van der Waals surface area contributed by atoms with E-state index in [1.54, 1.807) is 12.3 Å². The van der Waals surface area contributed by atoms with Gasteiger partial charge < -0.3 is 15.4 Å². The lowest BCUT2D eigenvalue weighted by Gasteiger charge is -2.13. The zero-order valence-electron chi connectivity index (χ0n) is 14.1. The van der Waals surface area contributed by atoms with Crippen LogP contribution in [-0.2, 0) is 4.79 Å². The SMILES string of the molecule is O=C1CCC(c2cccc(Nc3nccc(Oc4ccccc4)n3)c2)N1. The minimum atomic E-state index is 0.0675. The standard InChI is InChI=1S/C20H18N4O2/c25-18-10-9-17(23-18)14-5-4-6-15(13-14)22-20-21-12-11-19(24-20)26-16-7-2-1-3-8-16/h1-8,11-13,17H,9-10H2,(H,23,25)(H,21,22,24). The molecule has 2 heterocycles. The van der Waals surface area contributed by atoms with E-state index in [9.17, 15) is 4.79 Å². The summed E-state index contributed by atoms with van der Waals surface area (Å²) in [5.41, 5.74) is 1.93. The fourth-order valence-electron chi connectivity index (χ4n) is 2.89. The smallest absolute Gasteiger partial charge is 0.230 e. The minimum Gasteiger partial charge on any atom is -0.439 e. The van der Waals surface area contributed by atoms with Gasteiger partial charge in [-0.25, -0.2) is 4.98 Å². The summed E-state index contributed by atoms with van der Waals surface area (Å²) in [4.78, 5) is 20.1. The normalized spacial score (nSPS) is 16.2. The van der Waals surface area contributed by atoms with Gasteiger partial charge in [-0.15, -0.1) is 0 Å². The number of amides is 1. The van der Waals surface area contributed by atoms with Crippen molar-refractivity contribution in [3.05, 3.63) is 72.4 Å². The van der Waals surface area contributed by atoms with Crippen LogP contribution in [0.25, 0.3) is 0 Å². The molecule has 1 unspecified atom stereocenters. The fourth-order valence-corrected chi connectivity index (χ4v) is 2.89. The molecule has 1 saturated heterocycles. The summed E-state index contributed by atoms with van der Waals surface area (Å²) in [6.45, 7) is 0. The van der Waals surface area contributed by atoms with E-state index in [4.69, 9.17) is 4.74 Å². The average molecular weight is 346 g/mol. The van der Waals surface area contributed by atoms with Crippen LogP contribution >= 0.6 is 0 Å². The van der Waals surface area contributed by atoms with Crippen LogP contribution < -0.4 is 15.4 Å². The minimum absolute atomic E-state index is 0.0675.